The summed E-state index contributed by atoms with van der Waals surface area (Å²) in [4.78, 5) is 17.6. The fourth-order valence-corrected chi connectivity index (χ4v) is 3.10. The van der Waals surface area contributed by atoms with Crippen molar-refractivity contribution >= 4 is 52.9 Å². The Hall–Kier alpha value is -1.81. The second-order valence-corrected chi connectivity index (χ2v) is 7.62. The van der Waals surface area contributed by atoms with Crippen molar-refractivity contribution in [1.82, 2.24) is 10.6 Å². The first-order valence-corrected chi connectivity index (χ1v) is 10.6. The Morgan fingerprint density at radius 3 is 2.52 bits per heavy atom. The van der Waals surface area contributed by atoms with Gasteiger partial charge in [0.25, 0.3) is 0 Å². The summed E-state index contributed by atoms with van der Waals surface area (Å²) in [6, 6.07) is 11.9. The molecule has 0 saturated heterocycles. The monoisotopic (exact) mass is 530 g/mol. The van der Waals surface area contributed by atoms with E-state index in [4.69, 9.17) is 4.74 Å². The van der Waals surface area contributed by atoms with Crippen molar-refractivity contribution < 1.29 is 9.53 Å². The van der Waals surface area contributed by atoms with Gasteiger partial charge in [0.2, 0.25) is 5.91 Å². The summed E-state index contributed by atoms with van der Waals surface area (Å²) in [5.74, 6) is 1.33. The number of aliphatic imine (C=N–C) groups is 1. The van der Waals surface area contributed by atoms with E-state index in [0.717, 1.165) is 30.8 Å². The Labute approximate surface area is 194 Å². The van der Waals surface area contributed by atoms with Gasteiger partial charge in [0.1, 0.15) is 12.3 Å². The van der Waals surface area contributed by atoms with Crippen LogP contribution in [0.1, 0.15) is 32.1 Å². The zero-order valence-corrected chi connectivity index (χ0v) is 20.4. The normalized spacial score (nSPS) is 11.0. The van der Waals surface area contributed by atoms with Gasteiger partial charge in [-0.25, -0.2) is 4.99 Å². The molecule has 0 aliphatic carbocycles. The lowest BCUT2D eigenvalue weighted by Crippen LogP contribution is -2.34. The third-order valence-electron chi connectivity index (χ3n) is 3.69. The SMILES string of the molecule is CCCNC(=O)CN=C(NCCc1cccs1)Nc1ccc(OC(C)C)cc1.I. The molecule has 0 bridgehead atoms. The highest BCUT2D eigenvalue weighted by molar-refractivity contribution is 14.0. The molecule has 0 fully saturated rings. The molecule has 6 nitrogen and oxygen atoms in total. The Kier molecular flexibility index (Phi) is 12.4. The summed E-state index contributed by atoms with van der Waals surface area (Å²) in [5, 5.41) is 11.5. The van der Waals surface area contributed by atoms with Crippen molar-refractivity contribution in [2.45, 2.75) is 39.7 Å². The zero-order valence-electron chi connectivity index (χ0n) is 17.2. The summed E-state index contributed by atoms with van der Waals surface area (Å²) in [6.45, 7) is 7.51. The molecule has 1 heterocycles. The molecule has 0 aliphatic rings. The molecule has 2 aromatic rings. The number of hydrogen-bond acceptors (Lipinski definition) is 4. The number of halogens is 1. The number of carbonyl (C=O) groups excluding carboxylic acids is 1. The van der Waals surface area contributed by atoms with Gasteiger partial charge in [0.05, 0.1) is 6.10 Å². The number of amides is 1. The minimum atomic E-state index is -0.0816. The molecule has 1 amide bonds. The summed E-state index contributed by atoms with van der Waals surface area (Å²) in [7, 11) is 0. The maximum atomic E-state index is 11.9. The van der Waals surface area contributed by atoms with Crippen molar-refractivity contribution in [2.24, 2.45) is 4.99 Å². The van der Waals surface area contributed by atoms with Crippen molar-refractivity contribution in [2.75, 3.05) is 25.0 Å². The molecule has 1 aromatic heterocycles. The molecule has 0 atom stereocenters. The molecule has 0 radical (unpaired) electrons. The van der Waals surface area contributed by atoms with Gasteiger partial charge in [-0.1, -0.05) is 13.0 Å². The smallest absolute Gasteiger partial charge is 0.241 e. The van der Waals surface area contributed by atoms with Gasteiger partial charge < -0.3 is 20.7 Å². The van der Waals surface area contributed by atoms with E-state index in [1.54, 1.807) is 11.3 Å². The van der Waals surface area contributed by atoms with Crippen LogP contribution >= 0.6 is 35.3 Å². The van der Waals surface area contributed by atoms with E-state index in [1.807, 2.05) is 51.1 Å². The van der Waals surface area contributed by atoms with Crippen LogP contribution in [0.4, 0.5) is 5.69 Å². The van der Waals surface area contributed by atoms with E-state index in [1.165, 1.54) is 4.88 Å². The zero-order chi connectivity index (χ0) is 20.2. The largest absolute Gasteiger partial charge is 0.491 e. The molecule has 29 heavy (non-hydrogen) atoms. The number of benzene rings is 1. The van der Waals surface area contributed by atoms with Crippen LogP contribution in [0.15, 0.2) is 46.8 Å². The molecule has 3 N–H and O–H groups in total. The van der Waals surface area contributed by atoms with Gasteiger partial charge in [-0.3, -0.25) is 4.79 Å². The fraction of sp³-hybridized carbons (Fsp3) is 0.429. The summed E-state index contributed by atoms with van der Waals surface area (Å²) < 4.78 is 5.67. The van der Waals surface area contributed by atoms with Crippen LogP contribution < -0.4 is 20.7 Å². The van der Waals surface area contributed by atoms with Crippen molar-refractivity contribution in [3.8, 4) is 5.75 Å². The van der Waals surface area contributed by atoms with E-state index in [0.29, 0.717) is 12.5 Å². The molecule has 0 unspecified atom stereocenters. The van der Waals surface area contributed by atoms with Crippen LogP contribution in [0.3, 0.4) is 0 Å². The van der Waals surface area contributed by atoms with Crippen LogP contribution in [-0.2, 0) is 11.2 Å². The standard InChI is InChI=1S/C21H30N4O2S.HI/c1-4-12-22-20(26)15-24-21(23-13-11-19-6-5-14-28-19)25-17-7-9-18(10-8-17)27-16(2)3;/h5-10,14,16H,4,11-13,15H2,1-3H3,(H,22,26)(H2,23,24,25);1H. The van der Waals surface area contributed by atoms with Gasteiger partial charge in [0, 0.05) is 23.7 Å². The van der Waals surface area contributed by atoms with Crippen LogP contribution in [0.25, 0.3) is 0 Å². The number of carbonyl (C=O) groups is 1. The molecular weight excluding hydrogens is 499 g/mol. The average Bonchev–Trinajstić information content (AvgIpc) is 3.19. The lowest BCUT2D eigenvalue weighted by atomic mass is 10.3. The first-order valence-electron chi connectivity index (χ1n) is 9.68. The fourth-order valence-electron chi connectivity index (χ4n) is 2.40. The molecule has 160 valence electrons. The maximum absolute atomic E-state index is 11.9. The van der Waals surface area contributed by atoms with Crippen molar-refractivity contribution in [1.29, 1.82) is 0 Å². The number of hydrogen-bond donors (Lipinski definition) is 3. The van der Waals surface area contributed by atoms with Crippen LogP contribution in [-0.4, -0.2) is 37.6 Å². The van der Waals surface area contributed by atoms with Gasteiger partial charge >= 0.3 is 0 Å². The van der Waals surface area contributed by atoms with Crippen molar-refractivity contribution in [3.63, 3.8) is 0 Å². The molecular formula is C21H31IN4O2S. The molecule has 0 spiro atoms. The molecule has 1 aromatic carbocycles. The summed E-state index contributed by atoms with van der Waals surface area (Å²) >= 11 is 1.73. The number of rotatable bonds is 10. The molecule has 0 aliphatic heterocycles. The predicted molar refractivity (Wildman–Crippen MR) is 133 cm³/mol. The second-order valence-electron chi connectivity index (χ2n) is 6.59. The Balaban J connectivity index is 0.00000420. The van der Waals surface area contributed by atoms with E-state index in [2.05, 4.69) is 32.4 Å². The van der Waals surface area contributed by atoms with Crippen molar-refractivity contribution in [3.05, 3.63) is 46.7 Å². The van der Waals surface area contributed by atoms with Gasteiger partial charge in [-0.2, -0.15) is 0 Å². The molecule has 0 saturated carbocycles. The minimum Gasteiger partial charge on any atom is -0.491 e. The van der Waals surface area contributed by atoms with Gasteiger partial charge in [-0.05, 0) is 62.4 Å². The van der Waals surface area contributed by atoms with Gasteiger partial charge in [0.15, 0.2) is 5.96 Å². The van der Waals surface area contributed by atoms with E-state index in [9.17, 15) is 4.79 Å². The number of nitrogens with one attached hydrogen (secondary N) is 3. The maximum Gasteiger partial charge on any atom is 0.241 e. The predicted octanol–water partition coefficient (Wildman–Crippen LogP) is 4.28. The number of ether oxygens (including phenoxy) is 1. The highest BCUT2D eigenvalue weighted by Crippen LogP contribution is 2.17. The summed E-state index contributed by atoms with van der Waals surface area (Å²) in [6.07, 6.45) is 1.95. The quantitative estimate of drug-likeness (QED) is 0.244. The van der Waals surface area contributed by atoms with Crippen LogP contribution in [0, 0.1) is 0 Å². The molecule has 2 rings (SSSR count). The Morgan fingerprint density at radius 2 is 1.90 bits per heavy atom. The highest BCUT2D eigenvalue weighted by Gasteiger charge is 2.05. The first kappa shape index (κ1) is 25.2. The van der Waals surface area contributed by atoms with E-state index in [-0.39, 0.29) is 42.5 Å². The lowest BCUT2D eigenvalue weighted by Gasteiger charge is -2.14. The first-order chi connectivity index (χ1) is 13.6. The average molecular weight is 530 g/mol. The number of anilines is 1. The Morgan fingerprint density at radius 1 is 1.14 bits per heavy atom. The topological polar surface area (TPSA) is 74.8 Å². The van der Waals surface area contributed by atoms with Gasteiger partial charge in [-0.15, -0.1) is 35.3 Å². The summed E-state index contributed by atoms with van der Waals surface area (Å²) in [5.41, 5.74) is 0.882. The molecule has 8 heteroatoms. The third-order valence-corrected chi connectivity index (χ3v) is 4.62. The number of guanidine groups is 1. The third kappa shape index (κ3) is 10.5. The number of nitrogens with zero attached hydrogens (tertiary/aromatic N) is 1. The lowest BCUT2D eigenvalue weighted by molar-refractivity contribution is -0.119. The van der Waals surface area contributed by atoms with Crippen LogP contribution in [0.2, 0.25) is 0 Å². The Bertz CT molecular complexity index is 734. The van der Waals surface area contributed by atoms with E-state index < -0.39 is 0 Å². The second kappa shape index (κ2) is 14.2. The highest BCUT2D eigenvalue weighted by atomic mass is 127. The minimum absolute atomic E-state index is 0. The number of thiophene rings is 1. The van der Waals surface area contributed by atoms with E-state index >= 15 is 0 Å². The van der Waals surface area contributed by atoms with Crippen LogP contribution in [0.5, 0.6) is 5.75 Å².